The van der Waals surface area contributed by atoms with E-state index in [1.54, 1.807) is 11.6 Å². The minimum absolute atomic E-state index is 0.134. The summed E-state index contributed by atoms with van der Waals surface area (Å²) in [6.45, 7) is 7.45. The Labute approximate surface area is 149 Å². The highest BCUT2D eigenvalue weighted by Gasteiger charge is 2.12. The Morgan fingerprint density at radius 3 is 2.38 bits per heavy atom. The van der Waals surface area contributed by atoms with Crippen molar-refractivity contribution >= 4 is 11.6 Å². The SMILES string of the molecule is Cc1cc(=O)n(CC(=O)Nc2cnc(-n3nc(C)c(C)c3C)nc2)cn1. The molecule has 0 saturated heterocycles. The second-order valence-electron chi connectivity index (χ2n) is 6.02. The molecule has 0 aliphatic heterocycles. The van der Waals surface area contributed by atoms with E-state index in [9.17, 15) is 9.59 Å². The van der Waals surface area contributed by atoms with Crippen molar-refractivity contribution in [1.82, 2.24) is 29.3 Å². The van der Waals surface area contributed by atoms with E-state index in [0.717, 1.165) is 17.0 Å². The second-order valence-corrected chi connectivity index (χ2v) is 6.02. The summed E-state index contributed by atoms with van der Waals surface area (Å²) >= 11 is 0. The molecule has 26 heavy (non-hydrogen) atoms. The minimum atomic E-state index is -0.365. The van der Waals surface area contributed by atoms with Crippen LogP contribution in [-0.2, 0) is 11.3 Å². The molecule has 0 fully saturated rings. The van der Waals surface area contributed by atoms with Gasteiger partial charge in [-0.3, -0.25) is 14.2 Å². The van der Waals surface area contributed by atoms with Crippen LogP contribution in [0.3, 0.4) is 0 Å². The Morgan fingerprint density at radius 2 is 1.81 bits per heavy atom. The second kappa shape index (κ2) is 6.87. The maximum absolute atomic E-state index is 12.1. The molecule has 0 aromatic carbocycles. The van der Waals surface area contributed by atoms with E-state index in [2.05, 4.69) is 25.4 Å². The fraction of sp³-hybridized carbons (Fsp3) is 0.294. The summed E-state index contributed by atoms with van der Waals surface area (Å²) in [6.07, 6.45) is 4.35. The van der Waals surface area contributed by atoms with Gasteiger partial charge >= 0.3 is 0 Å². The quantitative estimate of drug-likeness (QED) is 0.752. The van der Waals surface area contributed by atoms with Crippen LogP contribution in [0.15, 0.2) is 29.6 Å². The fourth-order valence-corrected chi connectivity index (χ4v) is 2.40. The molecule has 9 nitrogen and oxygen atoms in total. The van der Waals surface area contributed by atoms with E-state index in [0.29, 0.717) is 17.3 Å². The number of aromatic nitrogens is 6. The maximum atomic E-state index is 12.1. The zero-order valence-corrected chi connectivity index (χ0v) is 15.0. The molecule has 0 aliphatic rings. The molecule has 3 rings (SSSR count). The summed E-state index contributed by atoms with van der Waals surface area (Å²) in [5, 5.41) is 7.06. The Bertz CT molecular complexity index is 1020. The lowest BCUT2D eigenvalue weighted by atomic mass is 10.2. The lowest BCUT2D eigenvalue weighted by Crippen LogP contribution is -2.27. The molecule has 3 aromatic rings. The van der Waals surface area contributed by atoms with Gasteiger partial charge in [-0.2, -0.15) is 5.10 Å². The third-order valence-corrected chi connectivity index (χ3v) is 4.09. The van der Waals surface area contributed by atoms with Gasteiger partial charge in [0.25, 0.3) is 11.5 Å². The number of carbonyl (C=O) groups is 1. The predicted octanol–water partition coefficient (Wildman–Crippen LogP) is 1.09. The van der Waals surface area contributed by atoms with E-state index in [-0.39, 0.29) is 18.0 Å². The van der Waals surface area contributed by atoms with E-state index >= 15 is 0 Å². The fourth-order valence-electron chi connectivity index (χ4n) is 2.40. The minimum Gasteiger partial charge on any atom is -0.322 e. The van der Waals surface area contributed by atoms with Gasteiger partial charge in [-0.05, 0) is 33.3 Å². The van der Waals surface area contributed by atoms with Crippen LogP contribution in [-0.4, -0.2) is 35.2 Å². The summed E-state index contributed by atoms with van der Waals surface area (Å²) in [5.74, 6) is 0.0618. The average molecular weight is 353 g/mol. The van der Waals surface area contributed by atoms with Gasteiger partial charge in [0.05, 0.1) is 30.1 Å². The topological polar surface area (TPSA) is 108 Å². The number of amides is 1. The summed E-state index contributed by atoms with van der Waals surface area (Å²) < 4.78 is 2.89. The molecule has 9 heteroatoms. The Balaban J connectivity index is 1.72. The number of carbonyl (C=O) groups excluding carboxylic acids is 1. The van der Waals surface area contributed by atoms with Crippen molar-refractivity contribution < 1.29 is 4.79 Å². The predicted molar refractivity (Wildman–Crippen MR) is 95.2 cm³/mol. The Kier molecular flexibility index (Phi) is 4.61. The van der Waals surface area contributed by atoms with Crippen LogP contribution < -0.4 is 10.9 Å². The molecule has 3 heterocycles. The van der Waals surface area contributed by atoms with Gasteiger partial charge in [-0.15, -0.1) is 0 Å². The van der Waals surface area contributed by atoms with Gasteiger partial charge in [0.15, 0.2) is 0 Å². The highest BCUT2D eigenvalue weighted by Crippen LogP contribution is 2.14. The smallest absolute Gasteiger partial charge is 0.253 e. The van der Waals surface area contributed by atoms with Crippen LogP contribution in [0.4, 0.5) is 5.69 Å². The molecule has 1 amide bonds. The summed E-state index contributed by atoms with van der Waals surface area (Å²) in [6, 6.07) is 1.38. The number of nitrogens with zero attached hydrogens (tertiary/aromatic N) is 6. The molecule has 0 radical (unpaired) electrons. The third-order valence-electron chi connectivity index (χ3n) is 4.09. The van der Waals surface area contributed by atoms with Gasteiger partial charge in [0.2, 0.25) is 5.91 Å². The first-order valence-corrected chi connectivity index (χ1v) is 8.03. The molecule has 134 valence electrons. The highest BCUT2D eigenvalue weighted by molar-refractivity contribution is 5.90. The van der Waals surface area contributed by atoms with Crippen molar-refractivity contribution in [2.75, 3.05) is 5.32 Å². The van der Waals surface area contributed by atoms with Gasteiger partial charge in [-0.25, -0.2) is 19.6 Å². The first-order chi connectivity index (χ1) is 12.3. The molecule has 3 aromatic heterocycles. The molecule has 0 saturated carbocycles. The van der Waals surface area contributed by atoms with Crippen molar-refractivity contribution in [1.29, 1.82) is 0 Å². The lowest BCUT2D eigenvalue weighted by Gasteiger charge is -2.08. The summed E-state index contributed by atoms with van der Waals surface area (Å²) in [5.41, 5.74) is 3.73. The van der Waals surface area contributed by atoms with E-state index in [1.165, 1.54) is 29.4 Å². The molecule has 0 unspecified atom stereocenters. The average Bonchev–Trinajstić information content (AvgIpc) is 2.86. The number of hydrogen-bond donors (Lipinski definition) is 1. The van der Waals surface area contributed by atoms with E-state index in [4.69, 9.17) is 0 Å². The zero-order chi connectivity index (χ0) is 18.8. The van der Waals surface area contributed by atoms with Crippen LogP contribution in [0.5, 0.6) is 0 Å². The van der Waals surface area contributed by atoms with Crippen LogP contribution in [0, 0.1) is 27.7 Å². The number of nitrogens with one attached hydrogen (secondary N) is 1. The number of anilines is 1. The van der Waals surface area contributed by atoms with Crippen molar-refractivity contribution in [3.05, 3.63) is 57.8 Å². The standard InChI is InChI=1S/C17H19N7O2/c1-10-5-16(26)23(9-20-10)8-15(25)21-14-6-18-17(19-7-14)24-13(4)11(2)12(3)22-24/h5-7,9H,8H2,1-4H3,(H,21,25). The largest absolute Gasteiger partial charge is 0.322 e. The molecular formula is C17H19N7O2. The molecule has 0 atom stereocenters. The monoisotopic (exact) mass is 353 g/mol. The van der Waals surface area contributed by atoms with E-state index < -0.39 is 0 Å². The van der Waals surface area contributed by atoms with Gasteiger partial charge < -0.3 is 5.32 Å². The Hall–Kier alpha value is -3.36. The van der Waals surface area contributed by atoms with Crippen LogP contribution in [0.2, 0.25) is 0 Å². The molecular weight excluding hydrogens is 334 g/mol. The van der Waals surface area contributed by atoms with Gasteiger partial charge in [0.1, 0.15) is 6.54 Å². The summed E-state index contributed by atoms with van der Waals surface area (Å²) in [7, 11) is 0. The van der Waals surface area contributed by atoms with Gasteiger partial charge in [-0.1, -0.05) is 0 Å². The first kappa shape index (κ1) is 17.5. The van der Waals surface area contributed by atoms with Crippen LogP contribution >= 0.6 is 0 Å². The Morgan fingerprint density at radius 1 is 1.12 bits per heavy atom. The van der Waals surface area contributed by atoms with Crippen molar-refractivity contribution in [2.24, 2.45) is 0 Å². The van der Waals surface area contributed by atoms with Crippen molar-refractivity contribution in [2.45, 2.75) is 34.2 Å². The lowest BCUT2D eigenvalue weighted by molar-refractivity contribution is -0.116. The third kappa shape index (κ3) is 3.51. The molecule has 0 bridgehead atoms. The van der Waals surface area contributed by atoms with Crippen molar-refractivity contribution in [3.63, 3.8) is 0 Å². The maximum Gasteiger partial charge on any atom is 0.253 e. The zero-order valence-electron chi connectivity index (χ0n) is 15.0. The molecule has 0 aliphatic carbocycles. The number of aryl methyl sites for hydroxylation is 2. The van der Waals surface area contributed by atoms with Crippen LogP contribution in [0.1, 0.15) is 22.6 Å². The molecule has 1 N–H and O–H groups in total. The van der Waals surface area contributed by atoms with Crippen molar-refractivity contribution in [3.8, 4) is 5.95 Å². The van der Waals surface area contributed by atoms with Crippen LogP contribution in [0.25, 0.3) is 5.95 Å². The number of hydrogen-bond acceptors (Lipinski definition) is 6. The summed E-state index contributed by atoms with van der Waals surface area (Å²) in [4.78, 5) is 36.4. The van der Waals surface area contributed by atoms with Gasteiger partial charge in [0, 0.05) is 17.5 Å². The highest BCUT2D eigenvalue weighted by atomic mass is 16.2. The first-order valence-electron chi connectivity index (χ1n) is 8.03. The number of rotatable bonds is 4. The normalized spacial score (nSPS) is 10.8. The van der Waals surface area contributed by atoms with E-state index in [1.807, 2.05) is 20.8 Å². The molecule has 0 spiro atoms.